The zero-order valence-electron chi connectivity index (χ0n) is 12.8. The van der Waals surface area contributed by atoms with Crippen LogP contribution in [0.4, 0.5) is 0 Å². The number of hydrogen-bond donors (Lipinski definition) is 2. The fourth-order valence-corrected chi connectivity index (χ4v) is 5.31. The predicted molar refractivity (Wildman–Crippen MR) is 86.6 cm³/mol. The van der Waals surface area contributed by atoms with Gasteiger partial charge in [-0.3, -0.25) is 4.79 Å². The molecular weight excluding hydrogens is 300 g/mol. The average Bonchev–Trinajstić information content (AvgIpc) is 2.87. The van der Waals surface area contributed by atoms with Crippen LogP contribution in [0.5, 0.6) is 0 Å². The van der Waals surface area contributed by atoms with Crippen molar-refractivity contribution in [3.05, 3.63) is 35.5 Å². The Morgan fingerprint density at radius 1 is 1.36 bits per heavy atom. The molecule has 3 rings (SSSR count). The zero-order valence-corrected chi connectivity index (χ0v) is 13.6. The highest BCUT2D eigenvalue weighted by atomic mass is 32.2. The van der Waals surface area contributed by atoms with Gasteiger partial charge in [-0.05, 0) is 31.9 Å². The third kappa shape index (κ3) is 2.88. The number of fused-ring (bicyclic) bond motifs is 1. The minimum Gasteiger partial charge on any atom is -0.358 e. The molecular formula is C16H20N2O3S. The lowest BCUT2D eigenvalue weighted by Gasteiger charge is -2.23. The predicted octanol–water partition coefficient (Wildman–Crippen LogP) is 1.71. The van der Waals surface area contributed by atoms with Crippen LogP contribution in [0.3, 0.4) is 0 Å². The first-order valence-corrected chi connectivity index (χ1v) is 9.18. The van der Waals surface area contributed by atoms with E-state index in [1.807, 2.05) is 31.2 Å². The molecule has 1 amide bonds. The molecule has 0 saturated carbocycles. The van der Waals surface area contributed by atoms with E-state index in [1.54, 1.807) is 6.92 Å². The SMILES string of the molecule is Cc1[nH]c2ccccc2c1CC(=O)NC1(C)CCS(=O)(=O)C1. The number of aryl methyl sites for hydroxylation is 1. The van der Waals surface area contributed by atoms with Gasteiger partial charge in [0, 0.05) is 16.6 Å². The first-order valence-electron chi connectivity index (χ1n) is 7.36. The number of para-hydroxylation sites is 1. The summed E-state index contributed by atoms with van der Waals surface area (Å²) in [5, 5.41) is 3.95. The van der Waals surface area contributed by atoms with E-state index >= 15 is 0 Å². The fourth-order valence-electron chi connectivity index (χ4n) is 3.21. The molecule has 0 spiro atoms. The topological polar surface area (TPSA) is 79.0 Å². The van der Waals surface area contributed by atoms with Gasteiger partial charge in [-0.2, -0.15) is 0 Å². The molecule has 1 aliphatic rings. The second-order valence-electron chi connectivity index (χ2n) is 6.40. The molecule has 6 heteroatoms. The van der Waals surface area contributed by atoms with Crippen molar-refractivity contribution >= 4 is 26.6 Å². The van der Waals surface area contributed by atoms with E-state index in [2.05, 4.69) is 10.3 Å². The van der Waals surface area contributed by atoms with Crippen molar-refractivity contribution < 1.29 is 13.2 Å². The summed E-state index contributed by atoms with van der Waals surface area (Å²) in [6.07, 6.45) is 0.736. The summed E-state index contributed by atoms with van der Waals surface area (Å²) in [5.74, 6) is 0.0431. The largest absolute Gasteiger partial charge is 0.358 e. The van der Waals surface area contributed by atoms with E-state index in [-0.39, 0.29) is 23.8 Å². The van der Waals surface area contributed by atoms with Gasteiger partial charge < -0.3 is 10.3 Å². The highest BCUT2D eigenvalue weighted by Gasteiger charge is 2.39. The number of rotatable bonds is 3. The molecule has 1 aromatic heterocycles. The van der Waals surface area contributed by atoms with Crippen LogP contribution in [0.2, 0.25) is 0 Å². The van der Waals surface area contributed by atoms with Gasteiger partial charge in [-0.1, -0.05) is 18.2 Å². The van der Waals surface area contributed by atoms with Crippen LogP contribution in [0.25, 0.3) is 10.9 Å². The molecule has 2 aromatic rings. The average molecular weight is 320 g/mol. The van der Waals surface area contributed by atoms with Crippen LogP contribution < -0.4 is 5.32 Å². The third-order valence-electron chi connectivity index (χ3n) is 4.31. The number of nitrogens with one attached hydrogen (secondary N) is 2. The molecule has 118 valence electrons. The second kappa shape index (κ2) is 5.12. The van der Waals surface area contributed by atoms with Crippen LogP contribution in [0.1, 0.15) is 24.6 Å². The number of benzene rings is 1. The summed E-state index contributed by atoms with van der Waals surface area (Å²) < 4.78 is 23.2. The molecule has 1 fully saturated rings. The van der Waals surface area contributed by atoms with Gasteiger partial charge in [-0.15, -0.1) is 0 Å². The zero-order chi connectivity index (χ0) is 16.0. The molecule has 1 atom stereocenters. The number of aromatic amines is 1. The van der Waals surface area contributed by atoms with Gasteiger partial charge in [0.25, 0.3) is 0 Å². The van der Waals surface area contributed by atoms with E-state index < -0.39 is 15.4 Å². The van der Waals surface area contributed by atoms with Crippen molar-refractivity contribution in [2.24, 2.45) is 0 Å². The summed E-state index contributed by atoms with van der Waals surface area (Å²) in [6, 6.07) is 7.87. The van der Waals surface area contributed by atoms with Crippen molar-refractivity contribution in [3.8, 4) is 0 Å². The maximum Gasteiger partial charge on any atom is 0.224 e. The van der Waals surface area contributed by atoms with Crippen LogP contribution in [0, 0.1) is 6.92 Å². The Morgan fingerprint density at radius 2 is 2.09 bits per heavy atom. The Bertz CT molecular complexity index is 838. The minimum atomic E-state index is -3.03. The highest BCUT2D eigenvalue weighted by Crippen LogP contribution is 2.25. The lowest BCUT2D eigenvalue weighted by Crippen LogP contribution is -2.47. The van der Waals surface area contributed by atoms with Gasteiger partial charge >= 0.3 is 0 Å². The Morgan fingerprint density at radius 3 is 2.77 bits per heavy atom. The maximum absolute atomic E-state index is 12.4. The first-order chi connectivity index (χ1) is 10.3. The molecule has 0 bridgehead atoms. The Hall–Kier alpha value is -1.82. The summed E-state index contributed by atoms with van der Waals surface area (Å²) >= 11 is 0. The van der Waals surface area contributed by atoms with Gasteiger partial charge in [0.05, 0.1) is 23.5 Å². The lowest BCUT2D eigenvalue weighted by molar-refractivity contribution is -0.121. The fraction of sp³-hybridized carbons (Fsp3) is 0.438. The number of aromatic nitrogens is 1. The Kier molecular flexibility index (Phi) is 3.51. The van der Waals surface area contributed by atoms with Crippen LogP contribution in [0.15, 0.2) is 24.3 Å². The van der Waals surface area contributed by atoms with Crippen molar-refractivity contribution in [2.75, 3.05) is 11.5 Å². The van der Waals surface area contributed by atoms with E-state index in [0.717, 1.165) is 22.2 Å². The van der Waals surface area contributed by atoms with Crippen molar-refractivity contribution in [3.63, 3.8) is 0 Å². The molecule has 0 radical (unpaired) electrons. The molecule has 1 aromatic carbocycles. The monoisotopic (exact) mass is 320 g/mol. The number of H-pyrrole nitrogens is 1. The summed E-state index contributed by atoms with van der Waals surface area (Å²) in [6.45, 7) is 3.75. The normalized spacial score (nSPS) is 23.7. The number of carbonyl (C=O) groups is 1. The molecule has 0 aliphatic carbocycles. The molecule has 1 saturated heterocycles. The minimum absolute atomic E-state index is 0.0264. The summed E-state index contributed by atoms with van der Waals surface area (Å²) in [4.78, 5) is 15.6. The first kappa shape index (κ1) is 15.1. The molecule has 5 nitrogen and oxygen atoms in total. The number of carbonyl (C=O) groups excluding carboxylic acids is 1. The Labute approximate surface area is 130 Å². The van der Waals surface area contributed by atoms with E-state index in [1.165, 1.54) is 0 Å². The maximum atomic E-state index is 12.4. The Balaban J connectivity index is 1.78. The number of amides is 1. The second-order valence-corrected chi connectivity index (χ2v) is 8.59. The van der Waals surface area contributed by atoms with Gasteiger partial charge in [0.15, 0.2) is 9.84 Å². The summed E-state index contributed by atoms with van der Waals surface area (Å²) in [7, 11) is -3.03. The third-order valence-corrected chi connectivity index (χ3v) is 6.21. The molecule has 1 aliphatic heterocycles. The van der Waals surface area contributed by atoms with Crippen molar-refractivity contribution in [1.82, 2.24) is 10.3 Å². The van der Waals surface area contributed by atoms with Crippen molar-refractivity contribution in [1.29, 1.82) is 0 Å². The smallest absolute Gasteiger partial charge is 0.224 e. The standard InChI is InChI=1S/C16H20N2O3S/c1-11-13(12-5-3-4-6-14(12)17-11)9-15(19)18-16(2)7-8-22(20,21)10-16/h3-6,17H,7-10H2,1-2H3,(H,18,19). The molecule has 2 heterocycles. The van der Waals surface area contributed by atoms with E-state index in [9.17, 15) is 13.2 Å². The van der Waals surface area contributed by atoms with Gasteiger partial charge in [-0.25, -0.2) is 8.42 Å². The van der Waals surface area contributed by atoms with E-state index in [4.69, 9.17) is 0 Å². The van der Waals surface area contributed by atoms with E-state index in [0.29, 0.717) is 6.42 Å². The van der Waals surface area contributed by atoms with Crippen LogP contribution in [-0.2, 0) is 21.1 Å². The van der Waals surface area contributed by atoms with Crippen LogP contribution >= 0.6 is 0 Å². The quantitative estimate of drug-likeness (QED) is 0.903. The van der Waals surface area contributed by atoms with Crippen LogP contribution in [-0.4, -0.2) is 36.4 Å². The number of sulfone groups is 1. The van der Waals surface area contributed by atoms with Crippen molar-refractivity contribution in [2.45, 2.75) is 32.2 Å². The molecule has 22 heavy (non-hydrogen) atoms. The van der Waals surface area contributed by atoms with Gasteiger partial charge in [0.2, 0.25) is 5.91 Å². The van der Waals surface area contributed by atoms with Gasteiger partial charge in [0.1, 0.15) is 0 Å². The number of hydrogen-bond acceptors (Lipinski definition) is 3. The highest BCUT2D eigenvalue weighted by molar-refractivity contribution is 7.91. The molecule has 2 N–H and O–H groups in total. The molecule has 1 unspecified atom stereocenters. The lowest BCUT2D eigenvalue weighted by atomic mass is 10.0. The summed E-state index contributed by atoms with van der Waals surface area (Å²) in [5.41, 5.74) is 2.31.